The summed E-state index contributed by atoms with van der Waals surface area (Å²) in [6, 6.07) is 13.2. The summed E-state index contributed by atoms with van der Waals surface area (Å²) in [7, 11) is 0. The van der Waals surface area contributed by atoms with Crippen molar-refractivity contribution < 1.29 is 9.18 Å². The maximum atomic E-state index is 13.0. The van der Waals surface area contributed by atoms with Gasteiger partial charge in [-0.05, 0) is 42.7 Å². The molecule has 0 aliphatic heterocycles. The summed E-state index contributed by atoms with van der Waals surface area (Å²) in [6.07, 6.45) is 1.71. The summed E-state index contributed by atoms with van der Waals surface area (Å²) in [5.74, 6) is -0.473. The molecule has 2 nitrogen and oxygen atoms in total. The minimum Gasteiger partial charge on any atom is -0.342 e. The van der Waals surface area contributed by atoms with Gasteiger partial charge in [0, 0.05) is 0 Å². The lowest BCUT2D eigenvalue weighted by molar-refractivity contribution is 0.0931. The van der Waals surface area contributed by atoms with E-state index in [9.17, 15) is 9.18 Å². The molecule has 1 saturated carbocycles. The summed E-state index contributed by atoms with van der Waals surface area (Å²) in [4.78, 5) is 12.3. The van der Waals surface area contributed by atoms with Gasteiger partial charge in [0.1, 0.15) is 5.82 Å². The highest BCUT2D eigenvalue weighted by Crippen LogP contribution is 2.45. The van der Waals surface area contributed by atoms with Crippen LogP contribution in [0.15, 0.2) is 48.5 Å². The van der Waals surface area contributed by atoms with E-state index in [4.69, 9.17) is 11.6 Å². The molecule has 2 aromatic rings. The highest BCUT2D eigenvalue weighted by Gasteiger charge is 2.45. The van der Waals surface area contributed by atoms with Crippen LogP contribution in [0.5, 0.6) is 0 Å². The van der Waals surface area contributed by atoms with Crippen molar-refractivity contribution in [3.8, 4) is 0 Å². The number of amides is 1. The monoisotopic (exact) mass is 289 g/mol. The van der Waals surface area contributed by atoms with E-state index in [1.807, 2.05) is 0 Å². The van der Waals surface area contributed by atoms with Gasteiger partial charge < -0.3 is 5.32 Å². The molecule has 1 aliphatic rings. The maximum absolute atomic E-state index is 13.0. The Morgan fingerprint density at radius 2 is 1.75 bits per heavy atom. The molecule has 3 rings (SSSR count). The average Bonchev–Trinajstić information content (AvgIpc) is 3.20. The fraction of sp³-hybridized carbons (Fsp3) is 0.188. The minimum absolute atomic E-state index is 0.197. The molecule has 1 N–H and O–H groups in total. The summed E-state index contributed by atoms with van der Waals surface area (Å²) >= 11 is 6.02. The van der Waals surface area contributed by atoms with Gasteiger partial charge in [-0.1, -0.05) is 35.9 Å². The first kappa shape index (κ1) is 13.1. The number of carbonyl (C=O) groups excluding carboxylic acids is 1. The molecular formula is C16H13ClFNO. The number of benzene rings is 2. The first-order chi connectivity index (χ1) is 9.61. The van der Waals surface area contributed by atoms with Crippen molar-refractivity contribution in [2.75, 3.05) is 0 Å². The molecule has 4 heteroatoms. The lowest BCUT2D eigenvalue weighted by Crippen LogP contribution is -2.35. The standard InChI is InChI=1S/C16H13ClFNO/c17-14-4-2-1-3-13(14)15(20)19-16(9-10-16)11-5-7-12(18)8-6-11/h1-8H,9-10H2,(H,19,20). The number of nitrogens with one attached hydrogen (secondary N) is 1. The van der Waals surface area contributed by atoms with Gasteiger partial charge in [-0.3, -0.25) is 4.79 Å². The zero-order valence-electron chi connectivity index (χ0n) is 10.7. The molecule has 1 fully saturated rings. The largest absolute Gasteiger partial charge is 0.342 e. The van der Waals surface area contributed by atoms with Crippen LogP contribution < -0.4 is 5.32 Å². The Balaban J connectivity index is 1.82. The SMILES string of the molecule is O=C(NC1(c2ccc(F)cc2)CC1)c1ccccc1Cl. The third-order valence-corrected chi connectivity index (χ3v) is 3.95. The minimum atomic E-state index is -0.371. The number of halogens is 2. The highest BCUT2D eigenvalue weighted by atomic mass is 35.5. The van der Waals surface area contributed by atoms with Gasteiger partial charge in [-0.25, -0.2) is 4.39 Å². The topological polar surface area (TPSA) is 29.1 Å². The van der Waals surface area contributed by atoms with Crippen LogP contribution in [-0.4, -0.2) is 5.91 Å². The molecule has 0 saturated heterocycles. The second-order valence-corrected chi connectivity index (χ2v) is 5.43. The first-order valence-corrected chi connectivity index (χ1v) is 6.82. The van der Waals surface area contributed by atoms with Crippen molar-refractivity contribution in [2.24, 2.45) is 0 Å². The zero-order chi connectivity index (χ0) is 14.2. The van der Waals surface area contributed by atoms with Crippen molar-refractivity contribution in [3.05, 3.63) is 70.5 Å². The molecule has 0 aromatic heterocycles. The molecule has 1 amide bonds. The molecule has 0 atom stereocenters. The predicted molar refractivity (Wildman–Crippen MR) is 76.2 cm³/mol. The molecule has 0 unspecified atom stereocenters. The van der Waals surface area contributed by atoms with E-state index in [-0.39, 0.29) is 17.3 Å². The van der Waals surface area contributed by atoms with Crippen LogP contribution in [0.25, 0.3) is 0 Å². The summed E-state index contributed by atoms with van der Waals surface area (Å²) in [5, 5.41) is 3.44. The fourth-order valence-corrected chi connectivity index (χ4v) is 2.53. The molecule has 102 valence electrons. The Morgan fingerprint density at radius 1 is 1.10 bits per heavy atom. The second kappa shape index (κ2) is 4.91. The van der Waals surface area contributed by atoms with Gasteiger partial charge in [0.05, 0.1) is 16.1 Å². The van der Waals surface area contributed by atoms with Gasteiger partial charge in [0.15, 0.2) is 0 Å². The second-order valence-electron chi connectivity index (χ2n) is 5.02. The normalized spacial score (nSPS) is 15.7. The van der Waals surface area contributed by atoms with Gasteiger partial charge >= 0.3 is 0 Å². The molecule has 0 spiro atoms. The lowest BCUT2D eigenvalue weighted by atomic mass is 10.0. The van der Waals surface area contributed by atoms with Crippen LogP contribution in [0.4, 0.5) is 4.39 Å². The highest BCUT2D eigenvalue weighted by molar-refractivity contribution is 6.33. The molecule has 0 bridgehead atoms. The Kier molecular flexibility index (Phi) is 3.22. The van der Waals surface area contributed by atoms with E-state index in [0.717, 1.165) is 18.4 Å². The number of rotatable bonds is 3. The third kappa shape index (κ3) is 2.41. The smallest absolute Gasteiger partial charge is 0.253 e. The Labute approximate surface area is 121 Å². The van der Waals surface area contributed by atoms with Crippen LogP contribution in [0.2, 0.25) is 5.02 Å². The maximum Gasteiger partial charge on any atom is 0.253 e. The molecule has 1 aliphatic carbocycles. The van der Waals surface area contributed by atoms with E-state index in [0.29, 0.717) is 10.6 Å². The van der Waals surface area contributed by atoms with E-state index >= 15 is 0 Å². The third-order valence-electron chi connectivity index (χ3n) is 3.62. The van der Waals surface area contributed by atoms with Crippen LogP contribution in [-0.2, 0) is 5.54 Å². The Bertz CT molecular complexity index is 650. The Hall–Kier alpha value is -1.87. The molecular weight excluding hydrogens is 277 g/mol. The van der Waals surface area contributed by atoms with E-state index < -0.39 is 0 Å². The van der Waals surface area contributed by atoms with Crippen molar-refractivity contribution in [1.82, 2.24) is 5.32 Å². The van der Waals surface area contributed by atoms with Gasteiger partial charge in [-0.2, -0.15) is 0 Å². The number of hydrogen-bond donors (Lipinski definition) is 1. The van der Waals surface area contributed by atoms with Crippen LogP contribution >= 0.6 is 11.6 Å². The fourth-order valence-electron chi connectivity index (χ4n) is 2.31. The van der Waals surface area contributed by atoms with Crippen molar-refractivity contribution in [3.63, 3.8) is 0 Å². The predicted octanol–water partition coefficient (Wildman–Crippen LogP) is 3.90. The summed E-state index contributed by atoms with van der Waals surface area (Å²) < 4.78 is 13.0. The summed E-state index contributed by atoms with van der Waals surface area (Å²) in [5.41, 5.74) is 1.02. The molecule has 0 radical (unpaired) electrons. The van der Waals surface area contributed by atoms with E-state index in [1.54, 1.807) is 36.4 Å². The van der Waals surface area contributed by atoms with E-state index in [2.05, 4.69) is 5.32 Å². The van der Waals surface area contributed by atoms with Crippen molar-refractivity contribution in [1.29, 1.82) is 0 Å². The average molecular weight is 290 g/mol. The quantitative estimate of drug-likeness (QED) is 0.912. The molecule has 2 aromatic carbocycles. The van der Waals surface area contributed by atoms with Gasteiger partial charge in [-0.15, -0.1) is 0 Å². The van der Waals surface area contributed by atoms with Gasteiger partial charge in [0.2, 0.25) is 0 Å². The van der Waals surface area contributed by atoms with Crippen LogP contribution in [0, 0.1) is 5.82 Å². The van der Waals surface area contributed by atoms with E-state index in [1.165, 1.54) is 12.1 Å². The molecule has 0 heterocycles. The molecule has 20 heavy (non-hydrogen) atoms. The Morgan fingerprint density at radius 3 is 2.35 bits per heavy atom. The van der Waals surface area contributed by atoms with Crippen molar-refractivity contribution in [2.45, 2.75) is 18.4 Å². The zero-order valence-corrected chi connectivity index (χ0v) is 11.5. The van der Waals surface area contributed by atoms with Crippen LogP contribution in [0.3, 0.4) is 0 Å². The van der Waals surface area contributed by atoms with Crippen LogP contribution in [0.1, 0.15) is 28.8 Å². The number of hydrogen-bond acceptors (Lipinski definition) is 1. The van der Waals surface area contributed by atoms with Crippen molar-refractivity contribution >= 4 is 17.5 Å². The lowest BCUT2D eigenvalue weighted by Gasteiger charge is -2.18. The van der Waals surface area contributed by atoms with Gasteiger partial charge in [0.25, 0.3) is 5.91 Å². The first-order valence-electron chi connectivity index (χ1n) is 6.44. The number of carbonyl (C=O) groups is 1. The summed E-state index contributed by atoms with van der Waals surface area (Å²) in [6.45, 7) is 0.